The number of carbonyl (C=O) groups excluding carboxylic acids is 2. The second-order valence-electron chi connectivity index (χ2n) is 6.90. The molecule has 0 radical (unpaired) electrons. The molecule has 1 aromatic heterocycles. The van der Waals surface area contributed by atoms with Gasteiger partial charge in [-0.25, -0.2) is 4.98 Å². The Bertz CT molecular complexity index is 1020. The first-order valence-corrected chi connectivity index (χ1v) is 12.7. The van der Waals surface area contributed by atoms with Crippen molar-refractivity contribution in [1.29, 1.82) is 0 Å². The molecule has 2 amide bonds. The fourth-order valence-electron chi connectivity index (χ4n) is 3.32. The Morgan fingerprint density at radius 3 is 2.87 bits per heavy atom. The van der Waals surface area contributed by atoms with Gasteiger partial charge >= 0.3 is 5.97 Å². The molecule has 4 N–H and O–H groups in total. The number of aromatic nitrogens is 1. The van der Waals surface area contributed by atoms with E-state index >= 15 is 0 Å². The van der Waals surface area contributed by atoms with Gasteiger partial charge in [0.1, 0.15) is 16.2 Å². The minimum atomic E-state index is -1.13. The highest BCUT2D eigenvalue weighted by Gasteiger charge is 2.58. The number of anilines is 1. The normalized spacial score (nSPS) is 25.4. The fourth-order valence-corrected chi connectivity index (χ4v) is 7.45. The van der Waals surface area contributed by atoms with E-state index in [1.54, 1.807) is 10.3 Å². The number of carboxylic acids is 1. The Balaban J connectivity index is 1.42. The lowest BCUT2D eigenvalue weighted by Crippen LogP contribution is -2.74. The van der Waals surface area contributed by atoms with Crippen LogP contribution >= 0.6 is 57.5 Å². The van der Waals surface area contributed by atoms with Crippen LogP contribution in [-0.4, -0.2) is 61.2 Å². The van der Waals surface area contributed by atoms with Gasteiger partial charge in [0.2, 0.25) is 11.8 Å². The van der Waals surface area contributed by atoms with E-state index in [9.17, 15) is 19.5 Å². The number of nitrogen functional groups attached to an aromatic ring is 1. The number of aliphatic carboxylic acids is 1. The predicted octanol–water partition coefficient (Wildman–Crippen LogP) is 1.89. The first-order valence-electron chi connectivity index (χ1n) is 8.87. The van der Waals surface area contributed by atoms with Crippen molar-refractivity contribution in [3.8, 4) is 0 Å². The average molecular weight is 576 g/mol. The van der Waals surface area contributed by atoms with Crippen molar-refractivity contribution in [2.75, 3.05) is 18.0 Å². The molecule has 3 atom stereocenters. The van der Waals surface area contributed by atoms with Crippen molar-refractivity contribution in [2.45, 2.75) is 27.5 Å². The molecule has 12 heteroatoms. The number of nitrogens with one attached hydrogen (secondary N) is 1. The van der Waals surface area contributed by atoms with Crippen LogP contribution < -0.4 is 11.1 Å². The van der Waals surface area contributed by atoms with E-state index in [1.807, 2.05) is 24.3 Å². The summed E-state index contributed by atoms with van der Waals surface area (Å²) >= 11 is 6.11. The number of nitrogens with zero attached hydrogens (tertiary/aromatic N) is 2. The van der Waals surface area contributed by atoms with Gasteiger partial charge in [-0.05, 0) is 34.7 Å². The number of thiazole rings is 1. The molecule has 1 aromatic carbocycles. The number of β-lactam (4-membered cyclic amide) rings is 1. The summed E-state index contributed by atoms with van der Waals surface area (Å²) < 4.78 is -0.166. The van der Waals surface area contributed by atoms with Crippen molar-refractivity contribution < 1.29 is 19.5 Å². The van der Waals surface area contributed by atoms with Crippen LogP contribution in [0.3, 0.4) is 0 Å². The van der Waals surface area contributed by atoms with Gasteiger partial charge in [-0.1, -0.05) is 12.1 Å². The lowest BCUT2D eigenvalue weighted by molar-refractivity contribution is -0.152. The topological polar surface area (TPSA) is 126 Å². The molecule has 0 spiro atoms. The van der Waals surface area contributed by atoms with Gasteiger partial charge in [0.15, 0.2) is 5.13 Å². The first-order chi connectivity index (χ1) is 14.3. The van der Waals surface area contributed by atoms with E-state index < -0.39 is 16.8 Å². The summed E-state index contributed by atoms with van der Waals surface area (Å²) in [5, 5.41) is 14.6. The Labute approximate surface area is 198 Å². The molecule has 0 saturated carbocycles. The molecular weight excluding hydrogens is 559 g/mol. The molecule has 1 unspecified atom stereocenters. The van der Waals surface area contributed by atoms with Crippen molar-refractivity contribution in [3.63, 3.8) is 0 Å². The lowest BCUT2D eigenvalue weighted by atomic mass is 10.0. The van der Waals surface area contributed by atoms with E-state index in [2.05, 4.69) is 32.9 Å². The summed E-state index contributed by atoms with van der Waals surface area (Å²) in [6.45, 7) is 0.101. The third-order valence-electron chi connectivity index (χ3n) is 4.81. The molecule has 2 aliphatic rings. The monoisotopic (exact) mass is 576 g/mol. The average Bonchev–Trinajstić information content (AvgIpc) is 3.12. The number of rotatable bonds is 6. The highest BCUT2D eigenvalue weighted by atomic mass is 127. The van der Waals surface area contributed by atoms with Crippen LogP contribution in [0.25, 0.3) is 0 Å². The third kappa shape index (κ3) is 4.14. The van der Waals surface area contributed by atoms with Crippen molar-refractivity contribution >= 4 is 80.4 Å². The highest BCUT2D eigenvalue weighted by Crippen LogP contribution is 2.47. The molecule has 0 bridgehead atoms. The summed E-state index contributed by atoms with van der Waals surface area (Å²) in [7, 11) is 0. The summed E-state index contributed by atoms with van der Waals surface area (Å²) in [6.07, 6.45) is 0.0518. The minimum absolute atomic E-state index is 0.0518. The Kier molecular flexibility index (Phi) is 6.19. The summed E-state index contributed by atoms with van der Waals surface area (Å²) in [4.78, 5) is 43.6. The molecule has 4 rings (SSSR count). The SMILES string of the molecule is Nc1nc(CC(=O)N[C@@H]2C(=O)N3CC(Sc4ccccc4I)(C(=O)O)CS[C@H]23)cs1. The zero-order valence-electron chi connectivity index (χ0n) is 15.4. The van der Waals surface area contributed by atoms with Gasteiger partial charge in [0, 0.05) is 26.1 Å². The van der Waals surface area contributed by atoms with Gasteiger partial charge in [0.05, 0.1) is 12.1 Å². The van der Waals surface area contributed by atoms with E-state index in [-0.39, 0.29) is 30.2 Å². The molecule has 2 saturated heterocycles. The van der Waals surface area contributed by atoms with E-state index in [0.717, 1.165) is 8.47 Å². The molecular formula is C18H17IN4O4S3. The summed E-state index contributed by atoms with van der Waals surface area (Å²) in [5.41, 5.74) is 6.14. The number of halogens is 1. The Morgan fingerprint density at radius 1 is 1.43 bits per heavy atom. The first kappa shape index (κ1) is 21.7. The number of carbonyl (C=O) groups is 3. The third-order valence-corrected chi connectivity index (χ3v) is 9.97. The maximum absolute atomic E-state index is 12.7. The number of fused-ring (bicyclic) bond motifs is 1. The largest absolute Gasteiger partial charge is 0.480 e. The zero-order valence-corrected chi connectivity index (χ0v) is 20.0. The molecule has 8 nitrogen and oxygen atoms in total. The van der Waals surface area contributed by atoms with Crippen LogP contribution in [0.5, 0.6) is 0 Å². The molecule has 30 heavy (non-hydrogen) atoms. The maximum Gasteiger partial charge on any atom is 0.322 e. The molecule has 158 valence electrons. The van der Waals surface area contributed by atoms with Gasteiger partial charge in [0.25, 0.3) is 0 Å². The molecule has 0 aliphatic carbocycles. The fraction of sp³-hybridized carbons (Fsp3) is 0.333. The number of carboxylic acid groups (broad SMARTS) is 1. The molecule has 2 aromatic rings. The number of hydrogen-bond acceptors (Lipinski definition) is 8. The number of thioether (sulfide) groups is 2. The second kappa shape index (κ2) is 8.55. The van der Waals surface area contributed by atoms with E-state index in [4.69, 9.17) is 5.73 Å². The van der Waals surface area contributed by atoms with Crippen LogP contribution in [0.4, 0.5) is 5.13 Å². The van der Waals surface area contributed by atoms with Crippen molar-refractivity contribution in [2.24, 2.45) is 0 Å². The van der Waals surface area contributed by atoms with Gasteiger partial charge in [-0.2, -0.15) is 0 Å². The van der Waals surface area contributed by atoms with Gasteiger partial charge < -0.3 is 21.1 Å². The smallest absolute Gasteiger partial charge is 0.322 e. The number of nitrogens with two attached hydrogens (primary N) is 1. The van der Waals surface area contributed by atoms with Crippen molar-refractivity contribution in [3.05, 3.63) is 38.9 Å². The molecule has 2 fully saturated rings. The van der Waals surface area contributed by atoms with Gasteiger partial charge in [-0.3, -0.25) is 14.4 Å². The van der Waals surface area contributed by atoms with E-state index in [0.29, 0.717) is 16.6 Å². The number of amides is 2. The van der Waals surface area contributed by atoms with E-state index in [1.165, 1.54) is 34.9 Å². The molecule has 2 aliphatic heterocycles. The van der Waals surface area contributed by atoms with Crippen LogP contribution in [0.1, 0.15) is 5.69 Å². The van der Waals surface area contributed by atoms with Crippen LogP contribution in [0.15, 0.2) is 34.5 Å². The molecule has 3 heterocycles. The predicted molar refractivity (Wildman–Crippen MR) is 126 cm³/mol. The summed E-state index contributed by atoms with van der Waals surface area (Å²) in [6, 6.07) is 6.94. The quantitative estimate of drug-likeness (QED) is 0.352. The standard InChI is InChI=1S/C18H17IN4O4S3/c19-10-3-1-2-4-11(10)30-18(16(26)27)7-23-14(25)13(15(23)29-8-18)22-12(24)5-9-6-28-17(20)21-9/h1-4,6,13,15H,5,7-8H2,(H2,20,21)(H,22,24)(H,26,27)/t13-,15-,18?/m1/s1. The number of benzene rings is 1. The number of hydrogen-bond donors (Lipinski definition) is 3. The lowest BCUT2D eigenvalue weighted by Gasteiger charge is -2.53. The minimum Gasteiger partial charge on any atom is -0.480 e. The summed E-state index contributed by atoms with van der Waals surface area (Å²) in [5.74, 6) is -1.17. The Morgan fingerprint density at radius 2 is 2.20 bits per heavy atom. The highest BCUT2D eigenvalue weighted by molar-refractivity contribution is 14.1. The Hall–Kier alpha value is -1.51. The maximum atomic E-state index is 12.7. The zero-order chi connectivity index (χ0) is 21.5. The van der Waals surface area contributed by atoms with Crippen LogP contribution in [0.2, 0.25) is 0 Å². The van der Waals surface area contributed by atoms with Gasteiger partial charge in [-0.15, -0.1) is 34.9 Å². The van der Waals surface area contributed by atoms with Crippen LogP contribution in [0, 0.1) is 3.57 Å². The van der Waals surface area contributed by atoms with Crippen molar-refractivity contribution in [1.82, 2.24) is 15.2 Å². The second-order valence-corrected chi connectivity index (χ2v) is 11.5. The van der Waals surface area contributed by atoms with Crippen LogP contribution in [-0.2, 0) is 20.8 Å².